The molecule has 0 aliphatic carbocycles. The van der Waals surface area contributed by atoms with Gasteiger partial charge in [-0.25, -0.2) is 4.79 Å². The minimum atomic E-state index is -1.19. The first-order valence-electron chi connectivity index (χ1n) is 6.04. The number of carbonyl (C=O) groups is 1. The van der Waals surface area contributed by atoms with E-state index >= 15 is 0 Å². The van der Waals surface area contributed by atoms with E-state index in [0.717, 1.165) is 10.2 Å². The van der Waals surface area contributed by atoms with Crippen molar-refractivity contribution in [1.82, 2.24) is 4.57 Å². The van der Waals surface area contributed by atoms with Gasteiger partial charge in [0, 0.05) is 28.5 Å². The number of hydrogen-bond donors (Lipinski definition) is 1. The molecule has 0 radical (unpaired) electrons. The van der Waals surface area contributed by atoms with Gasteiger partial charge in [0.15, 0.2) is 0 Å². The molecule has 0 unspecified atom stereocenters. The molecule has 0 atom stereocenters. The van der Waals surface area contributed by atoms with Crippen molar-refractivity contribution in [3.05, 3.63) is 55.9 Å². The van der Waals surface area contributed by atoms with Crippen LogP contribution in [0.5, 0.6) is 0 Å². The van der Waals surface area contributed by atoms with Crippen LogP contribution in [0.25, 0.3) is 11.1 Å². The summed E-state index contributed by atoms with van der Waals surface area (Å²) in [7, 11) is 1.76. The standard InChI is InChI=1S/C15H14BrNO3.Na.H/c1-8-12(10-4-6-11(16)7-5-10)14(18)13(15(19)20)9(2)17(8)3;;/h4-7H,1-3H3,(H,19,20);;. The van der Waals surface area contributed by atoms with Crippen LogP contribution in [0.1, 0.15) is 21.7 Å². The van der Waals surface area contributed by atoms with Crippen molar-refractivity contribution in [3.8, 4) is 11.1 Å². The van der Waals surface area contributed by atoms with Gasteiger partial charge in [0.25, 0.3) is 0 Å². The number of aromatic nitrogens is 1. The second kappa shape index (κ2) is 6.92. The van der Waals surface area contributed by atoms with E-state index in [1.54, 1.807) is 30.7 Å². The summed E-state index contributed by atoms with van der Waals surface area (Å²) in [5.74, 6) is -1.19. The molecule has 1 heterocycles. The second-order valence-electron chi connectivity index (χ2n) is 4.62. The first-order chi connectivity index (χ1) is 9.34. The molecular formula is C15H15BrNNaO3. The fourth-order valence-corrected chi connectivity index (χ4v) is 2.51. The monoisotopic (exact) mass is 359 g/mol. The third kappa shape index (κ3) is 3.31. The molecule has 0 fully saturated rings. The van der Waals surface area contributed by atoms with Gasteiger partial charge in [-0.15, -0.1) is 0 Å². The summed E-state index contributed by atoms with van der Waals surface area (Å²) in [4.78, 5) is 23.8. The molecule has 1 N–H and O–H groups in total. The van der Waals surface area contributed by atoms with Crippen molar-refractivity contribution in [1.29, 1.82) is 0 Å². The van der Waals surface area contributed by atoms with E-state index in [-0.39, 0.29) is 35.1 Å². The Bertz CT molecular complexity index is 751. The van der Waals surface area contributed by atoms with E-state index in [2.05, 4.69) is 15.9 Å². The molecule has 0 saturated carbocycles. The third-order valence-electron chi connectivity index (χ3n) is 3.53. The Labute approximate surface area is 153 Å². The van der Waals surface area contributed by atoms with Crippen LogP contribution in [-0.4, -0.2) is 45.2 Å². The number of carboxylic acid groups (broad SMARTS) is 1. The van der Waals surface area contributed by atoms with E-state index in [0.29, 0.717) is 16.8 Å². The third-order valence-corrected chi connectivity index (χ3v) is 4.06. The van der Waals surface area contributed by atoms with Gasteiger partial charge >= 0.3 is 35.5 Å². The zero-order valence-electron chi connectivity index (χ0n) is 11.4. The van der Waals surface area contributed by atoms with Crippen molar-refractivity contribution in [2.24, 2.45) is 7.05 Å². The maximum absolute atomic E-state index is 12.5. The Morgan fingerprint density at radius 1 is 1.14 bits per heavy atom. The minimum absolute atomic E-state index is 0. The van der Waals surface area contributed by atoms with Crippen LogP contribution in [0.2, 0.25) is 0 Å². The summed E-state index contributed by atoms with van der Waals surface area (Å²) < 4.78 is 2.64. The molecule has 0 aliphatic heterocycles. The van der Waals surface area contributed by atoms with Gasteiger partial charge in [-0.2, -0.15) is 0 Å². The SMILES string of the molecule is Cc1c(C(=O)O)c(=O)c(-c2ccc(Br)cc2)c(C)n1C.[NaH]. The number of halogens is 1. The van der Waals surface area contributed by atoms with Crippen LogP contribution in [0, 0.1) is 13.8 Å². The van der Waals surface area contributed by atoms with Gasteiger partial charge < -0.3 is 9.67 Å². The number of aromatic carboxylic acids is 1. The average molecular weight is 360 g/mol. The van der Waals surface area contributed by atoms with E-state index in [1.165, 1.54) is 0 Å². The normalized spacial score (nSPS) is 10.1. The second-order valence-corrected chi connectivity index (χ2v) is 5.54. The van der Waals surface area contributed by atoms with Crippen LogP contribution in [0.4, 0.5) is 0 Å². The number of pyridine rings is 1. The summed E-state index contributed by atoms with van der Waals surface area (Å²) in [6.45, 7) is 3.46. The van der Waals surface area contributed by atoms with Crippen LogP contribution in [0.3, 0.4) is 0 Å². The first kappa shape index (κ1) is 18.2. The van der Waals surface area contributed by atoms with Gasteiger partial charge in [0.2, 0.25) is 5.43 Å². The molecule has 6 heteroatoms. The number of benzene rings is 1. The summed E-state index contributed by atoms with van der Waals surface area (Å²) >= 11 is 3.34. The summed E-state index contributed by atoms with van der Waals surface area (Å²) in [5, 5.41) is 9.26. The van der Waals surface area contributed by atoms with Gasteiger partial charge in [-0.3, -0.25) is 4.79 Å². The Morgan fingerprint density at radius 2 is 1.67 bits per heavy atom. The van der Waals surface area contributed by atoms with Crippen molar-refractivity contribution in [3.63, 3.8) is 0 Å². The van der Waals surface area contributed by atoms with Crippen LogP contribution < -0.4 is 5.43 Å². The zero-order valence-corrected chi connectivity index (χ0v) is 13.0. The number of hydrogen-bond acceptors (Lipinski definition) is 2. The number of rotatable bonds is 2. The quantitative estimate of drug-likeness (QED) is 0.838. The van der Waals surface area contributed by atoms with Gasteiger partial charge in [0.05, 0.1) is 0 Å². The van der Waals surface area contributed by atoms with Crippen molar-refractivity contribution >= 4 is 51.5 Å². The summed E-state index contributed by atoms with van der Waals surface area (Å²) in [6.07, 6.45) is 0. The predicted molar refractivity (Wildman–Crippen MR) is 88.4 cm³/mol. The molecule has 2 rings (SSSR count). The first-order valence-corrected chi connectivity index (χ1v) is 6.83. The molecule has 2 aromatic rings. The fraction of sp³-hybridized carbons (Fsp3) is 0.200. The Hall–Kier alpha value is -0.880. The molecule has 0 spiro atoms. The van der Waals surface area contributed by atoms with Gasteiger partial charge in [0.1, 0.15) is 5.56 Å². The molecule has 21 heavy (non-hydrogen) atoms. The van der Waals surface area contributed by atoms with Crippen LogP contribution >= 0.6 is 15.9 Å². The summed E-state index contributed by atoms with van der Waals surface area (Å²) in [6, 6.07) is 7.26. The molecule has 1 aromatic carbocycles. The molecule has 0 bridgehead atoms. The summed E-state index contributed by atoms with van der Waals surface area (Å²) in [5.41, 5.74) is 1.75. The van der Waals surface area contributed by atoms with Crippen molar-refractivity contribution < 1.29 is 9.90 Å². The van der Waals surface area contributed by atoms with Crippen molar-refractivity contribution in [2.75, 3.05) is 0 Å². The van der Waals surface area contributed by atoms with Gasteiger partial charge in [-0.1, -0.05) is 28.1 Å². The number of carboxylic acids is 1. The van der Waals surface area contributed by atoms with E-state index in [1.807, 2.05) is 19.1 Å². The predicted octanol–water partition coefficient (Wildman–Crippen LogP) is 2.48. The van der Waals surface area contributed by atoms with Crippen LogP contribution in [0.15, 0.2) is 33.5 Å². The molecular weight excluding hydrogens is 345 g/mol. The molecule has 4 nitrogen and oxygen atoms in total. The van der Waals surface area contributed by atoms with E-state index < -0.39 is 11.4 Å². The average Bonchev–Trinajstić information content (AvgIpc) is 2.38. The Morgan fingerprint density at radius 3 is 2.14 bits per heavy atom. The zero-order chi connectivity index (χ0) is 15.0. The molecule has 0 saturated heterocycles. The fourth-order valence-electron chi connectivity index (χ4n) is 2.25. The van der Waals surface area contributed by atoms with Crippen molar-refractivity contribution in [2.45, 2.75) is 13.8 Å². The molecule has 106 valence electrons. The molecule has 0 aliphatic rings. The maximum atomic E-state index is 12.5. The molecule has 0 amide bonds. The van der Waals surface area contributed by atoms with E-state index in [9.17, 15) is 14.7 Å². The molecule has 1 aromatic heterocycles. The van der Waals surface area contributed by atoms with Crippen LogP contribution in [-0.2, 0) is 7.05 Å². The number of nitrogens with zero attached hydrogens (tertiary/aromatic N) is 1. The van der Waals surface area contributed by atoms with Gasteiger partial charge in [-0.05, 0) is 31.5 Å². The Balaban J connectivity index is 0.00000220. The Kier molecular flexibility index (Phi) is 5.99. The topological polar surface area (TPSA) is 59.3 Å². The van der Waals surface area contributed by atoms with E-state index in [4.69, 9.17) is 0 Å².